The molecule has 2 rings (SSSR count). The number of nitrogens with zero attached hydrogens (tertiary/aromatic N) is 2. The van der Waals surface area contributed by atoms with Crippen molar-refractivity contribution in [3.63, 3.8) is 0 Å². The highest BCUT2D eigenvalue weighted by Gasteiger charge is 2.23. The standard InChI is InChI=1S/C18H16ClF3N4O4/c1-9(18(28)24-14-7-10(26(29)30)3-4-11(14)19)25(2)8-15(27)23-13-6-5-12(20)16(21)17(13)22/h3-7,9H,8H2,1-2H3,(H,23,27)(H,24,28)/t9-/m0/s1. The number of anilines is 2. The van der Waals surface area contributed by atoms with Crippen molar-refractivity contribution in [1.29, 1.82) is 0 Å². The molecule has 160 valence electrons. The van der Waals surface area contributed by atoms with Crippen molar-refractivity contribution in [2.75, 3.05) is 24.2 Å². The molecule has 2 amide bonds. The van der Waals surface area contributed by atoms with Gasteiger partial charge < -0.3 is 10.6 Å². The molecule has 2 aromatic carbocycles. The summed E-state index contributed by atoms with van der Waals surface area (Å²) in [6.45, 7) is 1.06. The van der Waals surface area contributed by atoms with Gasteiger partial charge in [0.15, 0.2) is 17.5 Å². The zero-order valence-corrected chi connectivity index (χ0v) is 16.5. The number of rotatable bonds is 7. The van der Waals surface area contributed by atoms with Crippen LogP contribution in [0.3, 0.4) is 0 Å². The summed E-state index contributed by atoms with van der Waals surface area (Å²) >= 11 is 5.93. The van der Waals surface area contributed by atoms with Gasteiger partial charge in [0.05, 0.1) is 33.9 Å². The summed E-state index contributed by atoms with van der Waals surface area (Å²) < 4.78 is 39.8. The van der Waals surface area contributed by atoms with Gasteiger partial charge in [-0.25, -0.2) is 13.2 Å². The predicted octanol–water partition coefficient (Wildman–Crippen LogP) is 3.56. The quantitative estimate of drug-likeness (QED) is 0.386. The number of non-ortho nitro benzene ring substituents is 1. The molecule has 8 nitrogen and oxygen atoms in total. The second-order valence-electron chi connectivity index (χ2n) is 6.27. The monoisotopic (exact) mass is 444 g/mol. The Labute approximate surface area is 173 Å². The van der Waals surface area contributed by atoms with Crippen molar-refractivity contribution in [2.24, 2.45) is 0 Å². The molecule has 0 unspecified atom stereocenters. The van der Waals surface area contributed by atoms with E-state index in [1.807, 2.05) is 0 Å². The normalized spacial score (nSPS) is 11.8. The maximum absolute atomic E-state index is 13.6. The second-order valence-corrected chi connectivity index (χ2v) is 6.68. The van der Waals surface area contributed by atoms with Gasteiger partial charge in [-0.2, -0.15) is 0 Å². The largest absolute Gasteiger partial charge is 0.323 e. The molecule has 0 spiro atoms. The van der Waals surface area contributed by atoms with Gasteiger partial charge in [0.1, 0.15) is 0 Å². The third-order valence-electron chi connectivity index (χ3n) is 4.16. The van der Waals surface area contributed by atoms with Gasteiger partial charge in [0, 0.05) is 12.1 Å². The van der Waals surface area contributed by atoms with E-state index in [1.54, 1.807) is 0 Å². The van der Waals surface area contributed by atoms with Crippen molar-refractivity contribution in [2.45, 2.75) is 13.0 Å². The Kier molecular flexibility index (Phi) is 7.35. The summed E-state index contributed by atoms with van der Waals surface area (Å²) in [7, 11) is 1.42. The number of carbonyl (C=O) groups is 2. The Morgan fingerprint density at radius 3 is 2.43 bits per heavy atom. The van der Waals surface area contributed by atoms with Crippen LogP contribution in [0.5, 0.6) is 0 Å². The number of hydrogen-bond acceptors (Lipinski definition) is 5. The fraction of sp³-hybridized carbons (Fsp3) is 0.222. The van der Waals surface area contributed by atoms with Gasteiger partial charge in [-0.15, -0.1) is 0 Å². The number of carbonyl (C=O) groups excluding carboxylic acids is 2. The van der Waals surface area contributed by atoms with Crippen LogP contribution in [0.25, 0.3) is 0 Å². The Bertz CT molecular complexity index is 1010. The van der Waals surface area contributed by atoms with E-state index in [-0.39, 0.29) is 16.4 Å². The molecule has 0 aliphatic rings. The third-order valence-corrected chi connectivity index (χ3v) is 4.49. The molecule has 0 fully saturated rings. The minimum Gasteiger partial charge on any atom is -0.323 e. The Morgan fingerprint density at radius 1 is 1.13 bits per heavy atom. The molecule has 0 aliphatic carbocycles. The van der Waals surface area contributed by atoms with Crippen molar-refractivity contribution in [3.05, 3.63) is 62.9 Å². The first kappa shape index (κ1) is 23.1. The summed E-state index contributed by atoms with van der Waals surface area (Å²) in [5.74, 6) is -6.06. The average molecular weight is 445 g/mol. The molecule has 0 radical (unpaired) electrons. The van der Waals surface area contributed by atoms with Gasteiger partial charge in [0.25, 0.3) is 5.69 Å². The van der Waals surface area contributed by atoms with Crippen LogP contribution >= 0.6 is 11.6 Å². The van der Waals surface area contributed by atoms with Gasteiger partial charge >= 0.3 is 0 Å². The number of benzene rings is 2. The molecule has 0 aromatic heterocycles. The number of likely N-dealkylation sites (N-methyl/N-ethyl adjacent to an activating group) is 1. The third kappa shape index (κ3) is 5.45. The zero-order chi connectivity index (χ0) is 22.6. The maximum Gasteiger partial charge on any atom is 0.271 e. The number of amides is 2. The molecule has 0 heterocycles. The van der Waals surface area contributed by atoms with E-state index in [0.29, 0.717) is 6.07 Å². The number of nitro benzene ring substituents is 1. The smallest absolute Gasteiger partial charge is 0.271 e. The zero-order valence-electron chi connectivity index (χ0n) is 15.7. The van der Waals surface area contributed by atoms with E-state index in [2.05, 4.69) is 10.6 Å². The van der Waals surface area contributed by atoms with E-state index in [4.69, 9.17) is 11.6 Å². The summed E-state index contributed by atoms with van der Waals surface area (Å²) in [6, 6.07) is 4.15. The molecule has 0 saturated carbocycles. The van der Waals surface area contributed by atoms with Crippen molar-refractivity contribution in [1.82, 2.24) is 4.90 Å². The summed E-state index contributed by atoms with van der Waals surface area (Å²) in [5.41, 5.74) is -0.805. The van der Waals surface area contributed by atoms with E-state index in [1.165, 1.54) is 31.0 Å². The van der Waals surface area contributed by atoms with Crippen molar-refractivity contribution in [3.8, 4) is 0 Å². The van der Waals surface area contributed by atoms with E-state index < -0.39 is 52.5 Å². The summed E-state index contributed by atoms with van der Waals surface area (Å²) in [6.07, 6.45) is 0. The lowest BCUT2D eigenvalue weighted by atomic mass is 10.2. The Morgan fingerprint density at radius 2 is 1.80 bits per heavy atom. The SMILES string of the molecule is C[C@@H](C(=O)Nc1cc([N+](=O)[O-])ccc1Cl)N(C)CC(=O)Nc1ccc(F)c(F)c1F. The van der Waals surface area contributed by atoms with E-state index in [0.717, 1.165) is 12.1 Å². The first-order valence-electron chi connectivity index (χ1n) is 8.39. The molecule has 0 saturated heterocycles. The highest BCUT2D eigenvalue weighted by atomic mass is 35.5. The topological polar surface area (TPSA) is 105 Å². The molecular weight excluding hydrogens is 429 g/mol. The number of hydrogen-bond donors (Lipinski definition) is 2. The number of nitrogens with one attached hydrogen (secondary N) is 2. The van der Waals surface area contributed by atoms with Gasteiger partial charge in [0.2, 0.25) is 11.8 Å². The van der Waals surface area contributed by atoms with Crippen molar-refractivity contribution >= 4 is 40.5 Å². The van der Waals surface area contributed by atoms with Crippen LogP contribution < -0.4 is 10.6 Å². The maximum atomic E-state index is 13.6. The number of nitro groups is 1. The Hall–Kier alpha value is -3.18. The van der Waals surface area contributed by atoms with Crippen LogP contribution in [-0.2, 0) is 9.59 Å². The molecule has 2 aromatic rings. The summed E-state index contributed by atoms with van der Waals surface area (Å²) in [4.78, 5) is 36.0. The first-order chi connectivity index (χ1) is 14.0. The van der Waals surface area contributed by atoms with Crippen molar-refractivity contribution < 1.29 is 27.7 Å². The minimum absolute atomic E-state index is 0.0180. The van der Waals surface area contributed by atoms with Crippen LogP contribution in [0.15, 0.2) is 30.3 Å². The summed E-state index contributed by atoms with van der Waals surface area (Å²) in [5, 5.41) is 15.5. The molecule has 0 aliphatic heterocycles. The van der Waals surface area contributed by atoms with E-state index >= 15 is 0 Å². The Balaban J connectivity index is 2.01. The molecule has 30 heavy (non-hydrogen) atoms. The lowest BCUT2D eigenvalue weighted by Gasteiger charge is -2.23. The minimum atomic E-state index is -1.72. The fourth-order valence-electron chi connectivity index (χ4n) is 2.34. The van der Waals surface area contributed by atoms with Gasteiger partial charge in [-0.05, 0) is 32.2 Å². The first-order valence-corrected chi connectivity index (χ1v) is 8.77. The fourth-order valence-corrected chi connectivity index (χ4v) is 2.50. The molecule has 2 N–H and O–H groups in total. The van der Waals surface area contributed by atoms with Gasteiger partial charge in [-0.1, -0.05) is 11.6 Å². The lowest BCUT2D eigenvalue weighted by molar-refractivity contribution is -0.384. The number of halogens is 4. The molecular formula is C18H16ClF3N4O4. The molecule has 1 atom stereocenters. The van der Waals surface area contributed by atoms with Crippen LogP contribution in [-0.4, -0.2) is 41.3 Å². The lowest BCUT2D eigenvalue weighted by Crippen LogP contribution is -2.43. The van der Waals surface area contributed by atoms with Crippen LogP contribution in [0.4, 0.5) is 30.2 Å². The predicted molar refractivity (Wildman–Crippen MR) is 104 cm³/mol. The van der Waals surface area contributed by atoms with Crippen LogP contribution in [0.1, 0.15) is 6.92 Å². The average Bonchev–Trinajstić information content (AvgIpc) is 2.69. The van der Waals surface area contributed by atoms with E-state index in [9.17, 15) is 32.9 Å². The second kappa shape index (κ2) is 9.55. The van der Waals surface area contributed by atoms with Crippen LogP contribution in [0.2, 0.25) is 5.02 Å². The molecule has 0 bridgehead atoms. The molecule has 12 heteroatoms. The highest BCUT2D eigenvalue weighted by Crippen LogP contribution is 2.27. The van der Waals surface area contributed by atoms with Gasteiger partial charge in [-0.3, -0.25) is 24.6 Å². The van der Waals surface area contributed by atoms with Crippen LogP contribution in [0, 0.1) is 27.6 Å². The highest BCUT2D eigenvalue weighted by molar-refractivity contribution is 6.33.